The van der Waals surface area contributed by atoms with Crippen molar-refractivity contribution in [2.75, 3.05) is 20.2 Å². The Kier molecular flexibility index (Phi) is 6.05. The Morgan fingerprint density at radius 2 is 1.97 bits per heavy atom. The minimum Gasteiger partial charge on any atom is -0.497 e. The molecule has 0 unspecified atom stereocenters. The second kappa shape index (κ2) is 8.98. The van der Waals surface area contributed by atoms with Gasteiger partial charge in [-0.1, -0.05) is 0 Å². The number of nitrogens with one attached hydrogen (secondary N) is 2. The van der Waals surface area contributed by atoms with Crippen molar-refractivity contribution in [3.05, 3.63) is 30.2 Å². The standard InChI is InChI=1S/C23H29F2N5O3/c1-32-18-4-2-14(3-5-18)22-29-28-20(33-22)11-17-12-26-21(31)19-10-16(13-30(17)19)27-15-6-8-23(24,25)9-7-15/h2-5,15-17,19,27H,6-13H2,1H3,(H,26,31)/t16-,17+,19-/m0/s1. The highest BCUT2D eigenvalue weighted by molar-refractivity contribution is 5.83. The number of amides is 1. The zero-order chi connectivity index (χ0) is 23.0. The van der Waals surface area contributed by atoms with Gasteiger partial charge in [0.1, 0.15) is 5.75 Å². The Labute approximate surface area is 191 Å². The van der Waals surface area contributed by atoms with Gasteiger partial charge >= 0.3 is 0 Å². The lowest BCUT2D eigenvalue weighted by atomic mass is 9.91. The van der Waals surface area contributed by atoms with Crippen LogP contribution in [0.4, 0.5) is 8.78 Å². The van der Waals surface area contributed by atoms with Crippen molar-refractivity contribution in [2.45, 2.75) is 68.6 Å². The van der Waals surface area contributed by atoms with E-state index in [0.29, 0.717) is 50.6 Å². The first kappa shape index (κ1) is 22.2. The van der Waals surface area contributed by atoms with Crippen LogP contribution in [0, 0.1) is 0 Å². The molecule has 3 aliphatic rings. The van der Waals surface area contributed by atoms with Gasteiger partial charge in [-0.05, 0) is 43.5 Å². The summed E-state index contributed by atoms with van der Waals surface area (Å²) in [4.78, 5) is 14.7. The molecule has 2 aromatic rings. The van der Waals surface area contributed by atoms with Gasteiger partial charge in [0, 0.05) is 56.0 Å². The van der Waals surface area contributed by atoms with Gasteiger partial charge in [-0.2, -0.15) is 0 Å². The van der Waals surface area contributed by atoms with E-state index in [2.05, 4.69) is 25.7 Å². The van der Waals surface area contributed by atoms with E-state index >= 15 is 0 Å². The molecule has 5 rings (SSSR count). The molecule has 178 valence electrons. The molecule has 3 heterocycles. The molecule has 10 heteroatoms. The van der Waals surface area contributed by atoms with Crippen LogP contribution in [-0.4, -0.2) is 71.3 Å². The molecule has 3 fully saturated rings. The van der Waals surface area contributed by atoms with E-state index in [1.54, 1.807) is 7.11 Å². The highest BCUT2D eigenvalue weighted by atomic mass is 19.3. The summed E-state index contributed by atoms with van der Waals surface area (Å²) >= 11 is 0. The summed E-state index contributed by atoms with van der Waals surface area (Å²) in [5, 5.41) is 14.9. The molecule has 1 saturated carbocycles. The Morgan fingerprint density at radius 1 is 1.21 bits per heavy atom. The molecule has 1 aromatic carbocycles. The van der Waals surface area contributed by atoms with Crippen LogP contribution in [0.5, 0.6) is 5.75 Å². The molecule has 2 saturated heterocycles. The largest absolute Gasteiger partial charge is 0.497 e. The number of alkyl halides is 2. The second-order valence-corrected chi connectivity index (χ2v) is 9.27. The predicted octanol–water partition coefficient (Wildman–Crippen LogP) is 2.40. The number of carbonyl (C=O) groups excluding carboxylic acids is 1. The van der Waals surface area contributed by atoms with Crippen LogP contribution in [0.3, 0.4) is 0 Å². The van der Waals surface area contributed by atoms with Gasteiger partial charge in [-0.15, -0.1) is 10.2 Å². The first-order chi connectivity index (χ1) is 15.9. The first-order valence-electron chi connectivity index (χ1n) is 11.5. The smallest absolute Gasteiger partial charge is 0.248 e. The monoisotopic (exact) mass is 461 g/mol. The van der Waals surface area contributed by atoms with E-state index in [-0.39, 0.29) is 42.9 Å². The molecule has 0 bridgehead atoms. The second-order valence-electron chi connectivity index (χ2n) is 9.27. The lowest BCUT2D eigenvalue weighted by molar-refractivity contribution is -0.129. The normalized spacial score (nSPS) is 27.8. The van der Waals surface area contributed by atoms with Crippen molar-refractivity contribution >= 4 is 5.91 Å². The van der Waals surface area contributed by atoms with Gasteiger partial charge in [0.15, 0.2) is 0 Å². The predicted molar refractivity (Wildman–Crippen MR) is 116 cm³/mol. The number of nitrogens with zero attached hydrogens (tertiary/aromatic N) is 3. The molecule has 1 amide bonds. The van der Waals surface area contributed by atoms with Crippen LogP contribution in [0.25, 0.3) is 11.5 Å². The van der Waals surface area contributed by atoms with Crippen LogP contribution >= 0.6 is 0 Å². The van der Waals surface area contributed by atoms with Gasteiger partial charge in [0.2, 0.25) is 23.6 Å². The molecule has 3 atom stereocenters. The number of hydrogen-bond donors (Lipinski definition) is 2. The lowest BCUT2D eigenvalue weighted by Crippen LogP contribution is -2.58. The van der Waals surface area contributed by atoms with Gasteiger partial charge in [-0.25, -0.2) is 8.78 Å². The maximum absolute atomic E-state index is 13.5. The zero-order valence-electron chi connectivity index (χ0n) is 18.6. The van der Waals surface area contributed by atoms with Crippen molar-refractivity contribution in [3.63, 3.8) is 0 Å². The Balaban J connectivity index is 1.21. The van der Waals surface area contributed by atoms with Crippen molar-refractivity contribution < 1.29 is 22.7 Å². The highest BCUT2D eigenvalue weighted by Crippen LogP contribution is 2.34. The number of benzene rings is 1. The van der Waals surface area contributed by atoms with Gasteiger partial charge in [-0.3, -0.25) is 9.69 Å². The van der Waals surface area contributed by atoms with E-state index < -0.39 is 5.92 Å². The van der Waals surface area contributed by atoms with Crippen molar-refractivity contribution in [3.8, 4) is 17.2 Å². The number of piperazine rings is 1. The summed E-state index contributed by atoms with van der Waals surface area (Å²) in [5.74, 6) is -0.798. The molecule has 0 radical (unpaired) electrons. The van der Waals surface area contributed by atoms with Crippen LogP contribution < -0.4 is 15.4 Å². The molecule has 0 spiro atoms. The minimum absolute atomic E-state index is 0.0233. The maximum atomic E-state index is 13.5. The first-order valence-corrected chi connectivity index (χ1v) is 11.5. The lowest BCUT2D eigenvalue weighted by Gasteiger charge is -2.36. The third-order valence-electron chi connectivity index (χ3n) is 7.03. The van der Waals surface area contributed by atoms with Gasteiger partial charge < -0.3 is 19.8 Å². The number of rotatable bonds is 6. The minimum atomic E-state index is -2.54. The Hall–Kier alpha value is -2.59. The number of ether oxygens (including phenoxy) is 1. The summed E-state index contributed by atoms with van der Waals surface area (Å²) in [6.45, 7) is 1.22. The summed E-state index contributed by atoms with van der Waals surface area (Å²) in [6.07, 6.45) is 2.01. The van der Waals surface area contributed by atoms with Crippen LogP contribution in [-0.2, 0) is 11.2 Å². The Morgan fingerprint density at radius 3 is 2.70 bits per heavy atom. The van der Waals surface area contributed by atoms with Crippen LogP contribution in [0.1, 0.15) is 38.0 Å². The van der Waals surface area contributed by atoms with E-state index in [9.17, 15) is 13.6 Å². The summed E-state index contributed by atoms with van der Waals surface area (Å²) in [6, 6.07) is 7.41. The molecular formula is C23H29F2N5O3. The molecule has 2 N–H and O–H groups in total. The van der Waals surface area contributed by atoms with Crippen LogP contribution in [0.15, 0.2) is 28.7 Å². The fraction of sp³-hybridized carbons (Fsp3) is 0.609. The van der Waals surface area contributed by atoms with Crippen molar-refractivity contribution in [1.29, 1.82) is 0 Å². The van der Waals surface area contributed by atoms with Crippen molar-refractivity contribution in [1.82, 2.24) is 25.7 Å². The number of carbonyl (C=O) groups is 1. The number of methoxy groups -OCH3 is 1. The summed E-state index contributed by atoms with van der Waals surface area (Å²) in [5.41, 5.74) is 0.813. The van der Waals surface area contributed by atoms with E-state index in [1.807, 2.05) is 24.3 Å². The molecular weight excluding hydrogens is 432 g/mol. The fourth-order valence-electron chi connectivity index (χ4n) is 5.21. The number of fused-ring (bicyclic) bond motifs is 1. The van der Waals surface area contributed by atoms with Gasteiger partial charge in [0.25, 0.3) is 0 Å². The fourth-order valence-corrected chi connectivity index (χ4v) is 5.21. The molecule has 1 aromatic heterocycles. The average molecular weight is 462 g/mol. The third-order valence-corrected chi connectivity index (χ3v) is 7.03. The zero-order valence-corrected chi connectivity index (χ0v) is 18.6. The molecule has 33 heavy (non-hydrogen) atoms. The van der Waals surface area contributed by atoms with E-state index in [0.717, 1.165) is 11.3 Å². The SMILES string of the molecule is COc1ccc(-c2nnc(C[C@@H]3CNC(=O)[C@@H]4C[C@H](NC5CCC(F)(F)CC5)CN34)o2)cc1. The van der Waals surface area contributed by atoms with Gasteiger partial charge in [0.05, 0.1) is 13.2 Å². The number of halogens is 2. The highest BCUT2D eigenvalue weighted by Gasteiger charge is 2.45. The molecule has 8 nitrogen and oxygen atoms in total. The number of hydrogen-bond acceptors (Lipinski definition) is 7. The topological polar surface area (TPSA) is 92.5 Å². The molecule has 1 aliphatic carbocycles. The van der Waals surface area contributed by atoms with E-state index in [1.165, 1.54) is 0 Å². The summed E-state index contributed by atoms with van der Waals surface area (Å²) < 4.78 is 38.0. The average Bonchev–Trinajstić information content (AvgIpc) is 3.45. The molecule has 2 aliphatic heterocycles. The Bertz CT molecular complexity index is 973. The third kappa shape index (κ3) is 4.86. The van der Waals surface area contributed by atoms with Crippen LogP contribution in [0.2, 0.25) is 0 Å². The van der Waals surface area contributed by atoms with Crippen molar-refractivity contribution in [2.24, 2.45) is 0 Å². The maximum Gasteiger partial charge on any atom is 0.248 e. The number of aromatic nitrogens is 2. The quantitative estimate of drug-likeness (QED) is 0.683. The van der Waals surface area contributed by atoms with E-state index in [4.69, 9.17) is 9.15 Å². The summed E-state index contributed by atoms with van der Waals surface area (Å²) in [7, 11) is 1.61.